The third-order valence-electron chi connectivity index (χ3n) is 2.32. The number of hydrogen-bond donors (Lipinski definition) is 1. The lowest BCUT2D eigenvalue weighted by atomic mass is 10.3. The number of nitrogens with two attached hydrogens (primary N) is 1. The van der Waals surface area contributed by atoms with Crippen LogP contribution in [0.15, 0.2) is 21.3 Å². The van der Waals surface area contributed by atoms with Crippen molar-refractivity contribution in [2.75, 3.05) is 5.75 Å². The topological polar surface area (TPSA) is 64.9 Å². The van der Waals surface area contributed by atoms with Gasteiger partial charge < -0.3 is 10.3 Å². The SMILES string of the molecule is CCC(N)CSCc1noc(-c2ccsc2)n1. The summed E-state index contributed by atoms with van der Waals surface area (Å²) in [5, 5.41) is 7.94. The van der Waals surface area contributed by atoms with Crippen molar-refractivity contribution in [3.8, 4) is 11.5 Å². The van der Waals surface area contributed by atoms with Gasteiger partial charge in [-0.3, -0.25) is 0 Å². The van der Waals surface area contributed by atoms with Gasteiger partial charge in [0.25, 0.3) is 5.89 Å². The highest BCUT2D eigenvalue weighted by Crippen LogP contribution is 2.21. The molecule has 2 aromatic rings. The van der Waals surface area contributed by atoms with Crippen LogP contribution in [0.2, 0.25) is 0 Å². The molecule has 0 saturated carbocycles. The van der Waals surface area contributed by atoms with Gasteiger partial charge in [0.05, 0.1) is 11.3 Å². The van der Waals surface area contributed by atoms with Crippen molar-refractivity contribution in [1.29, 1.82) is 0 Å². The smallest absolute Gasteiger partial charge is 0.258 e. The highest BCUT2D eigenvalue weighted by molar-refractivity contribution is 7.98. The maximum absolute atomic E-state index is 5.84. The molecule has 0 aliphatic rings. The van der Waals surface area contributed by atoms with Crippen molar-refractivity contribution in [3.05, 3.63) is 22.7 Å². The summed E-state index contributed by atoms with van der Waals surface area (Å²) in [5.41, 5.74) is 6.83. The van der Waals surface area contributed by atoms with E-state index in [9.17, 15) is 0 Å². The molecule has 6 heteroatoms. The Bertz CT molecular complexity index is 441. The zero-order chi connectivity index (χ0) is 12.1. The van der Waals surface area contributed by atoms with Gasteiger partial charge in [-0.05, 0) is 17.9 Å². The normalized spacial score (nSPS) is 12.8. The largest absolute Gasteiger partial charge is 0.334 e. The lowest BCUT2D eigenvalue weighted by Crippen LogP contribution is -2.21. The summed E-state index contributed by atoms with van der Waals surface area (Å²) < 4.78 is 5.19. The molecule has 1 atom stereocenters. The molecule has 2 heterocycles. The van der Waals surface area contributed by atoms with E-state index < -0.39 is 0 Å². The minimum absolute atomic E-state index is 0.253. The quantitative estimate of drug-likeness (QED) is 0.873. The minimum atomic E-state index is 0.253. The highest BCUT2D eigenvalue weighted by Gasteiger charge is 2.09. The molecule has 0 saturated heterocycles. The van der Waals surface area contributed by atoms with E-state index in [2.05, 4.69) is 17.1 Å². The third kappa shape index (κ3) is 3.55. The van der Waals surface area contributed by atoms with Crippen LogP contribution in [0.5, 0.6) is 0 Å². The molecule has 0 spiro atoms. The van der Waals surface area contributed by atoms with Crippen molar-refractivity contribution >= 4 is 23.1 Å². The molecule has 2 aromatic heterocycles. The van der Waals surface area contributed by atoms with Crippen LogP contribution in [0.1, 0.15) is 19.2 Å². The Morgan fingerprint density at radius 1 is 1.59 bits per heavy atom. The highest BCUT2D eigenvalue weighted by atomic mass is 32.2. The summed E-state index contributed by atoms with van der Waals surface area (Å²) in [4.78, 5) is 4.34. The summed E-state index contributed by atoms with van der Waals surface area (Å²) in [6.45, 7) is 2.09. The molecule has 17 heavy (non-hydrogen) atoms. The van der Waals surface area contributed by atoms with E-state index in [0.29, 0.717) is 5.89 Å². The Balaban J connectivity index is 1.87. The van der Waals surface area contributed by atoms with Crippen LogP contribution in [0.3, 0.4) is 0 Å². The van der Waals surface area contributed by atoms with E-state index in [1.54, 1.807) is 23.1 Å². The first kappa shape index (κ1) is 12.6. The first-order valence-corrected chi connectivity index (χ1v) is 7.57. The predicted octanol–water partition coefficient (Wildman–Crippen LogP) is 2.77. The third-order valence-corrected chi connectivity index (χ3v) is 4.13. The molecule has 0 aliphatic carbocycles. The van der Waals surface area contributed by atoms with Gasteiger partial charge in [0.1, 0.15) is 0 Å². The van der Waals surface area contributed by atoms with Crippen LogP contribution in [0, 0.1) is 0 Å². The monoisotopic (exact) mass is 269 g/mol. The van der Waals surface area contributed by atoms with Gasteiger partial charge >= 0.3 is 0 Å². The molecular formula is C11H15N3OS2. The second-order valence-electron chi connectivity index (χ2n) is 3.71. The van der Waals surface area contributed by atoms with Crippen LogP contribution in [0.25, 0.3) is 11.5 Å². The van der Waals surface area contributed by atoms with Gasteiger partial charge in [-0.2, -0.15) is 28.1 Å². The molecule has 0 radical (unpaired) electrons. The number of thiophene rings is 1. The van der Waals surface area contributed by atoms with Crippen molar-refractivity contribution in [2.24, 2.45) is 5.73 Å². The second-order valence-corrected chi connectivity index (χ2v) is 5.52. The van der Waals surface area contributed by atoms with Crippen LogP contribution < -0.4 is 5.73 Å². The van der Waals surface area contributed by atoms with E-state index in [1.165, 1.54) is 0 Å². The fraction of sp³-hybridized carbons (Fsp3) is 0.455. The fourth-order valence-electron chi connectivity index (χ4n) is 1.24. The summed E-state index contributed by atoms with van der Waals surface area (Å²) in [6.07, 6.45) is 0.999. The standard InChI is InChI=1S/C11H15N3OS2/c1-2-9(12)6-17-7-10-13-11(15-14-10)8-3-4-16-5-8/h3-5,9H,2,6-7,12H2,1H3. The van der Waals surface area contributed by atoms with E-state index in [0.717, 1.165) is 29.3 Å². The summed E-state index contributed by atoms with van der Waals surface area (Å²) in [6, 6.07) is 2.23. The van der Waals surface area contributed by atoms with Crippen molar-refractivity contribution < 1.29 is 4.52 Å². The summed E-state index contributed by atoms with van der Waals surface area (Å²) in [5.74, 6) is 3.02. The first-order valence-electron chi connectivity index (χ1n) is 5.48. The van der Waals surface area contributed by atoms with Crippen LogP contribution in [0.4, 0.5) is 0 Å². The molecule has 0 amide bonds. The molecule has 0 aromatic carbocycles. The minimum Gasteiger partial charge on any atom is -0.334 e. The van der Waals surface area contributed by atoms with Gasteiger partial charge in [0, 0.05) is 17.2 Å². The Kier molecular flexibility index (Phi) is 4.58. The molecule has 1 unspecified atom stereocenters. The van der Waals surface area contributed by atoms with Crippen molar-refractivity contribution in [3.63, 3.8) is 0 Å². The van der Waals surface area contributed by atoms with Gasteiger partial charge in [0.15, 0.2) is 5.82 Å². The molecule has 0 bridgehead atoms. The Morgan fingerprint density at radius 3 is 3.18 bits per heavy atom. The van der Waals surface area contributed by atoms with E-state index in [4.69, 9.17) is 10.3 Å². The van der Waals surface area contributed by atoms with Crippen LogP contribution in [-0.4, -0.2) is 21.9 Å². The fourth-order valence-corrected chi connectivity index (χ4v) is 2.82. The van der Waals surface area contributed by atoms with Gasteiger partial charge in [-0.25, -0.2) is 0 Å². The zero-order valence-corrected chi connectivity index (χ0v) is 11.3. The number of aromatic nitrogens is 2. The Labute approximate surface area is 109 Å². The average molecular weight is 269 g/mol. The maximum atomic E-state index is 5.84. The number of nitrogens with zero attached hydrogens (tertiary/aromatic N) is 2. The molecule has 2 rings (SSSR count). The van der Waals surface area contributed by atoms with Crippen molar-refractivity contribution in [1.82, 2.24) is 10.1 Å². The lowest BCUT2D eigenvalue weighted by molar-refractivity contribution is 0.425. The summed E-state index contributed by atoms with van der Waals surface area (Å²) in [7, 11) is 0. The number of hydrogen-bond acceptors (Lipinski definition) is 6. The molecule has 4 nitrogen and oxygen atoms in total. The number of thioether (sulfide) groups is 1. The summed E-state index contributed by atoms with van der Waals surface area (Å²) >= 11 is 3.36. The molecule has 2 N–H and O–H groups in total. The Morgan fingerprint density at radius 2 is 2.47 bits per heavy atom. The van der Waals surface area contributed by atoms with E-state index in [1.807, 2.05) is 16.8 Å². The molecule has 0 fully saturated rings. The van der Waals surface area contributed by atoms with E-state index in [-0.39, 0.29) is 6.04 Å². The first-order chi connectivity index (χ1) is 8.29. The van der Waals surface area contributed by atoms with Crippen LogP contribution >= 0.6 is 23.1 Å². The number of rotatable bonds is 6. The lowest BCUT2D eigenvalue weighted by Gasteiger charge is -2.05. The zero-order valence-electron chi connectivity index (χ0n) is 9.63. The van der Waals surface area contributed by atoms with Crippen molar-refractivity contribution in [2.45, 2.75) is 25.1 Å². The van der Waals surface area contributed by atoms with Gasteiger partial charge in [-0.15, -0.1) is 0 Å². The predicted molar refractivity (Wildman–Crippen MR) is 72.0 cm³/mol. The maximum Gasteiger partial charge on any atom is 0.258 e. The average Bonchev–Trinajstić information content (AvgIpc) is 2.98. The van der Waals surface area contributed by atoms with Gasteiger partial charge in [-0.1, -0.05) is 12.1 Å². The van der Waals surface area contributed by atoms with Crippen LogP contribution in [-0.2, 0) is 5.75 Å². The molecule has 92 valence electrons. The molecule has 0 aliphatic heterocycles. The Hall–Kier alpha value is -0.850. The van der Waals surface area contributed by atoms with E-state index >= 15 is 0 Å². The molecular weight excluding hydrogens is 254 g/mol. The van der Waals surface area contributed by atoms with Gasteiger partial charge in [0.2, 0.25) is 0 Å². The second kappa shape index (κ2) is 6.18.